The molecule has 1 heterocycles. The number of fused-ring (bicyclic) bond motifs is 1. The van der Waals surface area contributed by atoms with E-state index in [0.717, 1.165) is 0 Å². The first-order valence-electron chi connectivity index (χ1n) is 3.80. The number of benzene rings is 1. The van der Waals surface area contributed by atoms with E-state index < -0.39 is 17.7 Å². The Kier molecular flexibility index (Phi) is 5.18. The first-order valence-corrected chi connectivity index (χ1v) is 3.80. The van der Waals surface area contributed by atoms with Gasteiger partial charge in [-0.3, -0.25) is 0 Å². The van der Waals surface area contributed by atoms with Gasteiger partial charge in [0.05, 0.1) is 17.7 Å². The molecule has 2 rings (SSSR count). The van der Waals surface area contributed by atoms with Crippen LogP contribution in [0.1, 0.15) is 31.1 Å². The Labute approximate surface area is 118 Å². The maximum Gasteiger partial charge on any atom is 0.0883 e. The van der Waals surface area contributed by atoms with Crippen molar-refractivity contribution in [1.29, 1.82) is 0 Å². The molecule has 0 unspecified atom stereocenters. The Balaban J connectivity index is 0.00000112. The SMILES string of the molecule is [NH-]C(=O)c1ccc2c(c1)C(=O)[N-]C2=O.[Re].[Re]. The summed E-state index contributed by atoms with van der Waals surface area (Å²) in [4.78, 5) is 32.8. The number of rotatable bonds is 1. The first-order chi connectivity index (χ1) is 6.59. The van der Waals surface area contributed by atoms with Crippen molar-refractivity contribution in [3.63, 3.8) is 0 Å². The van der Waals surface area contributed by atoms with Crippen LogP contribution in [0.15, 0.2) is 18.2 Å². The van der Waals surface area contributed by atoms with E-state index in [1.54, 1.807) is 0 Å². The van der Waals surface area contributed by atoms with Crippen LogP contribution in [0.5, 0.6) is 0 Å². The smallest absolute Gasteiger partial charge is 0.0883 e. The second-order valence-corrected chi connectivity index (χ2v) is 2.81. The molecule has 1 aliphatic heterocycles. The minimum Gasteiger partial charge on any atom is -0.664 e. The van der Waals surface area contributed by atoms with E-state index in [1.807, 2.05) is 0 Å². The van der Waals surface area contributed by atoms with E-state index in [1.165, 1.54) is 18.2 Å². The average molecular weight is 561 g/mol. The Morgan fingerprint density at radius 3 is 2.19 bits per heavy atom. The van der Waals surface area contributed by atoms with E-state index in [0.29, 0.717) is 0 Å². The molecule has 0 saturated carbocycles. The van der Waals surface area contributed by atoms with Crippen LogP contribution >= 0.6 is 0 Å². The van der Waals surface area contributed by atoms with E-state index in [-0.39, 0.29) is 57.5 Å². The third-order valence-corrected chi connectivity index (χ3v) is 1.95. The monoisotopic (exact) mass is 562 g/mol. The number of nitrogens with one attached hydrogen (secondary N) is 1. The molecule has 0 atom stereocenters. The molecule has 0 saturated heterocycles. The van der Waals surface area contributed by atoms with Crippen molar-refractivity contribution in [2.45, 2.75) is 0 Å². The van der Waals surface area contributed by atoms with Gasteiger partial charge in [0.15, 0.2) is 0 Å². The number of hydrogen-bond donors (Lipinski definition) is 0. The maximum absolute atomic E-state index is 11.1. The zero-order chi connectivity index (χ0) is 10.3. The van der Waals surface area contributed by atoms with Crippen molar-refractivity contribution in [3.05, 3.63) is 45.9 Å². The van der Waals surface area contributed by atoms with Crippen LogP contribution in [0, 0.1) is 0 Å². The van der Waals surface area contributed by atoms with Crippen molar-refractivity contribution < 1.29 is 55.2 Å². The van der Waals surface area contributed by atoms with Gasteiger partial charge < -0.3 is 25.4 Å². The van der Waals surface area contributed by atoms with E-state index in [9.17, 15) is 14.4 Å². The summed E-state index contributed by atoms with van der Waals surface area (Å²) < 4.78 is 0. The number of carbonyl (C=O) groups excluding carboxylic acids is 3. The molecule has 1 aromatic rings. The van der Waals surface area contributed by atoms with Crippen LogP contribution in [-0.2, 0) is 40.8 Å². The van der Waals surface area contributed by atoms with E-state index in [2.05, 4.69) is 5.32 Å². The van der Waals surface area contributed by atoms with Crippen molar-refractivity contribution in [1.82, 2.24) is 0 Å². The molecule has 0 aromatic heterocycles. The zero-order valence-electron chi connectivity index (χ0n) is 7.66. The third kappa shape index (κ3) is 2.45. The van der Waals surface area contributed by atoms with Gasteiger partial charge in [0.2, 0.25) is 0 Å². The van der Waals surface area contributed by atoms with E-state index in [4.69, 9.17) is 5.73 Å². The summed E-state index contributed by atoms with van der Waals surface area (Å²) in [6.45, 7) is 0. The predicted molar refractivity (Wildman–Crippen MR) is 47.1 cm³/mol. The molecule has 1 N–H and O–H groups in total. The first kappa shape index (κ1) is 15.2. The minimum atomic E-state index is -0.889. The Hall–Kier alpha value is -0.845. The van der Waals surface area contributed by atoms with Gasteiger partial charge in [-0.15, -0.1) is 0 Å². The fraction of sp³-hybridized carbons (Fsp3) is 0. The van der Waals surface area contributed by atoms with Crippen LogP contribution in [0.3, 0.4) is 0 Å². The van der Waals surface area contributed by atoms with Crippen molar-refractivity contribution in [2.24, 2.45) is 0 Å². The van der Waals surface area contributed by atoms with Crippen molar-refractivity contribution in [2.75, 3.05) is 0 Å². The topological polar surface area (TPSA) is 89.1 Å². The van der Waals surface area contributed by atoms with Crippen LogP contribution in [0.25, 0.3) is 11.1 Å². The van der Waals surface area contributed by atoms with Gasteiger partial charge in [0.25, 0.3) is 0 Å². The van der Waals surface area contributed by atoms with Gasteiger partial charge in [0, 0.05) is 52.0 Å². The fourth-order valence-electron chi connectivity index (χ4n) is 1.26. The molecule has 7 heteroatoms. The summed E-state index contributed by atoms with van der Waals surface area (Å²) in [6, 6.07) is 3.90. The normalized spacial score (nSPS) is 12.0. The summed E-state index contributed by atoms with van der Waals surface area (Å²) in [7, 11) is 0. The average Bonchev–Trinajstić information content (AvgIpc) is 2.42. The number of carbonyl (C=O) groups is 3. The summed E-state index contributed by atoms with van der Waals surface area (Å²) in [6.07, 6.45) is 0. The minimum absolute atomic E-state index is 0. The predicted octanol–water partition coefficient (Wildman–Crippen LogP) is 1.54. The Morgan fingerprint density at radius 1 is 1.06 bits per heavy atom. The third-order valence-electron chi connectivity index (χ3n) is 1.95. The molecule has 1 aromatic carbocycles. The molecule has 5 nitrogen and oxygen atoms in total. The van der Waals surface area contributed by atoms with Crippen LogP contribution in [-0.4, -0.2) is 17.7 Å². The standard InChI is InChI=1S/C9H6N2O3.2Re/c10-7(12)4-1-2-5-6(3-4)9(14)11-8(5)13;;/h1-3H,(H3,10,11,12,13,14);;/p-2. The molecule has 84 valence electrons. The second kappa shape index (κ2) is 5.47. The summed E-state index contributed by atoms with van der Waals surface area (Å²) >= 11 is 0. The van der Waals surface area contributed by atoms with Gasteiger partial charge in [-0.2, -0.15) is 0 Å². The molecule has 3 amide bonds. The van der Waals surface area contributed by atoms with Gasteiger partial charge in [-0.05, 0) is 11.6 Å². The number of hydrogen-bond acceptors (Lipinski definition) is 3. The van der Waals surface area contributed by atoms with Crippen molar-refractivity contribution >= 4 is 17.7 Å². The zero-order valence-corrected chi connectivity index (χ0v) is 13.1. The van der Waals surface area contributed by atoms with Gasteiger partial charge in [-0.25, -0.2) is 0 Å². The molecule has 16 heavy (non-hydrogen) atoms. The molecular weight excluding hydrogens is 557 g/mol. The quantitative estimate of drug-likeness (QED) is 0.489. The molecule has 0 spiro atoms. The largest absolute Gasteiger partial charge is 0.664 e. The molecule has 2 radical (unpaired) electrons. The summed E-state index contributed by atoms with van der Waals surface area (Å²) in [5.41, 5.74) is 7.22. The van der Waals surface area contributed by atoms with Crippen LogP contribution in [0.2, 0.25) is 0 Å². The Morgan fingerprint density at radius 2 is 1.62 bits per heavy atom. The number of amides is 3. The molecule has 0 aliphatic carbocycles. The van der Waals surface area contributed by atoms with Gasteiger partial charge in [-0.1, -0.05) is 12.1 Å². The fourth-order valence-corrected chi connectivity index (χ4v) is 1.26. The summed E-state index contributed by atoms with van der Waals surface area (Å²) in [5.74, 6) is -2.12. The van der Waals surface area contributed by atoms with Gasteiger partial charge >= 0.3 is 0 Å². The number of imide groups is 1. The molecular formula is C9H4N2O3Re2-2. The second-order valence-electron chi connectivity index (χ2n) is 2.81. The van der Waals surface area contributed by atoms with Crippen molar-refractivity contribution in [3.8, 4) is 0 Å². The maximum atomic E-state index is 11.1. The molecule has 1 aliphatic rings. The summed E-state index contributed by atoms with van der Waals surface area (Å²) in [5, 5.41) is 3.21. The van der Waals surface area contributed by atoms with Gasteiger partial charge in [0.1, 0.15) is 0 Å². The van der Waals surface area contributed by atoms with E-state index >= 15 is 0 Å². The van der Waals surface area contributed by atoms with Crippen LogP contribution in [0.4, 0.5) is 0 Å². The van der Waals surface area contributed by atoms with Crippen LogP contribution < -0.4 is 0 Å². The molecule has 0 fully saturated rings. The Bertz CT molecular complexity index is 474. The number of nitrogens with zero attached hydrogens (tertiary/aromatic N) is 1. The molecule has 0 bridgehead atoms.